The van der Waals surface area contributed by atoms with Gasteiger partial charge in [-0.05, 0) is 58.3 Å². The van der Waals surface area contributed by atoms with Crippen molar-refractivity contribution in [2.75, 3.05) is 0 Å². The Morgan fingerprint density at radius 1 is 1.00 bits per heavy atom. The quantitative estimate of drug-likeness (QED) is 0.291. The Kier molecular flexibility index (Phi) is 5.56. The first-order chi connectivity index (χ1) is 15.0. The molecule has 31 heavy (non-hydrogen) atoms. The Bertz CT molecular complexity index is 1070. The third-order valence-electron chi connectivity index (χ3n) is 6.31. The molecule has 2 amide bonds. The molecule has 0 aromatic heterocycles. The SMILES string of the molecule is O=C1[C@@H]2[C@@H](C(=O)N1/N=C\c1cc(Br)cc(Br)c1OCc1ccccc1)[C@H]1C=C[C@H]2CC1. The highest BCUT2D eigenvalue weighted by atomic mass is 79.9. The fourth-order valence-electron chi connectivity index (χ4n) is 4.85. The smallest absolute Gasteiger partial charge is 0.254 e. The fourth-order valence-corrected chi connectivity index (χ4v) is 6.22. The van der Waals surface area contributed by atoms with Gasteiger partial charge < -0.3 is 4.74 Å². The molecule has 6 rings (SSSR count). The summed E-state index contributed by atoms with van der Waals surface area (Å²) >= 11 is 7.04. The molecular formula is C24H20Br2N2O3. The molecule has 2 bridgehead atoms. The van der Waals surface area contributed by atoms with Crippen molar-refractivity contribution in [2.45, 2.75) is 19.4 Å². The second kappa shape index (κ2) is 8.36. The Balaban J connectivity index is 1.41. The monoisotopic (exact) mass is 542 g/mol. The van der Waals surface area contributed by atoms with Gasteiger partial charge in [-0.25, -0.2) is 0 Å². The van der Waals surface area contributed by atoms with E-state index in [9.17, 15) is 9.59 Å². The summed E-state index contributed by atoms with van der Waals surface area (Å²) in [6.07, 6.45) is 7.69. The summed E-state index contributed by atoms with van der Waals surface area (Å²) in [6, 6.07) is 13.6. The number of halogens is 2. The maximum absolute atomic E-state index is 13.0. The van der Waals surface area contributed by atoms with Crippen molar-refractivity contribution in [3.8, 4) is 5.75 Å². The first-order valence-electron chi connectivity index (χ1n) is 10.3. The number of allylic oxidation sites excluding steroid dienone is 2. The molecule has 0 spiro atoms. The molecule has 1 saturated heterocycles. The van der Waals surface area contributed by atoms with Crippen LogP contribution < -0.4 is 4.74 Å². The van der Waals surface area contributed by atoms with E-state index in [1.165, 1.54) is 6.21 Å². The molecule has 7 heteroatoms. The lowest BCUT2D eigenvalue weighted by molar-refractivity contribution is -0.140. The van der Waals surface area contributed by atoms with Crippen LogP contribution in [-0.4, -0.2) is 23.0 Å². The molecule has 1 heterocycles. The van der Waals surface area contributed by atoms with Gasteiger partial charge in [0.25, 0.3) is 11.8 Å². The maximum Gasteiger partial charge on any atom is 0.254 e. The zero-order chi connectivity index (χ0) is 21.5. The van der Waals surface area contributed by atoms with Gasteiger partial charge in [0.1, 0.15) is 12.4 Å². The molecule has 4 aliphatic rings. The van der Waals surface area contributed by atoms with Gasteiger partial charge in [0.05, 0.1) is 22.5 Å². The predicted octanol–water partition coefficient (Wildman–Crippen LogP) is 5.32. The number of hydrogen-bond acceptors (Lipinski definition) is 4. The molecule has 158 valence electrons. The van der Waals surface area contributed by atoms with E-state index in [1.54, 1.807) is 0 Å². The molecule has 2 aromatic rings. The van der Waals surface area contributed by atoms with Crippen LogP contribution in [0.3, 0.4) is 0 Å². The fraction of sp³-hybridized carbons (Fsp3) is 0.292. The van der Waals surface area contributed by atoms with Crippen LogP contribution in [0, 0.1) is 23.7 Å². The van der Waals surface area contributed by atoms with E-state index >= 15 is 0 Å². The standard InChI is InChI=1S/C24H20Br2N2O3/c25-18-10-17(22(19(26)11-18)31-13-14-4-2-1-3-5-14)12-27-28-23(29)20-15-6-7-16(9-8-15)21(20)24(28)30/h1-7,10-12,15-16,20-21H,8-9,13H2/b27-12-/t15-,16-,20-,21-/m0/s1. The number of rotatable bonds is 5. The molecule has 3 aliphatic carbocycles. The Labute approximate surface area is 197 Å². The summed E-state index contributed by atoms with van der Waals surface area (Å²) < 4.78 is 7.65. The number of carbonyl (C=O) groups is 2. The topological polar surface area (TPSA) is 59.0 Å². The molecule has 1 aliphatic heterocycles. The van der Waals surface area contributed by atoms with Gasteiger partial charge >= 0.3 is 0 Å². The second-order valence-electron chi connectivity index (χ2n) is 8.15. The van der Waals surface area contributed by atoms with Crippen molar-refractivity contribution in [3.63, 3.8) is 0 Å². The van der Waals surface area contributed by atoms with Crippen LogP contribution in [-0.2, 0) is 16.2 Å². The number of amides is 2. The number of imide groups is 1. The highest BCUT2D eigenvalue weighted by molar-refractivity contribution is 9.11. The van der Waals surface area contributed by atoms with Gasteiger partial charge in [-0.2, -0.15) is 10.1 Å². The summed E-state index contributed by atoms with van der Waals surface area (Å²) in [5.41, 5.74) is 1.71. The summed E-state index contributed by atoms with van der Waals surface area (Å²) in [4.78, 5) is 26.0. The highest BCUT2D eigenvalue weighted by Crippen LogP contribution is 2.49. The van der Waals surface area contributed by atoms with Crippen molar-refractivity contribution in [1.29, 1.82) is 0 Å². The van der Waals surface area contributed by atoms with E-state index < -0.39 is 0 Å². The second-order valence-corrected chi connectivity index (χ2v) is 9.92. The van der Waals surface area contributed by atoms with E-state index in [-0.39, 0.29) is 35.5 Å². The van der Waals surface area contributed by atoms with E-state index in [2.05, 4.69) is 49.1 Å². The van der Waals surface area contributed by atoms with Crippen LogP contribution in [0.5, 0.6) is 5.75 Å². The number of benzene rings is 2. The Morgan fingerprint density at radius 3 is 2.26 bits per heavy atom. The molecule has 2 fully saturated rings. The van der Waals surface area contributed by atoms with Gasteiger partial charge in [0.2, 0.25) is 0 Å². The van der Waals surface area contributed by atoms with E-state index in [1.807, 2.05) is 42.5 Å². The van der Waals surface area contributed by atoms with E-state index in [4.69, 9.17) is 4.74 Å². The molecule has 0 radical (unpaired) electrons. The van der Waals surface area contributed by atoms with Gasteiger partial charge in [0, 0.05) is 10.0 Å². The number of hydrogen-bond donors (Lipinski definition) is 0. The van der Waals surface area contributed by atoms with Gasteiger partial charge in [0.15, 0.2) is 0 Å². The lowest BCUT2D eigenvalue weighted by Crippen LogP contribution is -2.38. The van der Waals surface area contributed by atoms with Gasteiger partial charge in [-0.1, -0.05) is 58.4 Å². The minimum Gasteiger partial charge on any atom is -0.487 e. The number of fused-ring (bicyclic) bond motifs is 1. The number of hydrazone groups is 1. The Hall–Kier alpha value is -2.25. The summed E-state index contributed by atoms with van der Waals surface area (Å²) in [5, 5.41) is 5.41. The molecule has 5 nitrogen and oxygen atoms in total. The molecule has 1 saturated carbocycles. The number of ether oxygens (including phenoxy) is 1. The molecule has 2 aromatic carbocycles. The average Bonchev–Trinajstić information content (AvgIpc) is 3.05. The normalized spacial score (nSPS) is 26.7. The number of carbonyl (C=O) groups excluding carboxylic acids is 2. The van der Waals surface area contributed by atoms with Crippen molar-refractivity contribution >= 4 is 49.9 Å². The van der Waals surface area contributed by atoms with Crippen LogP contribution in [0.2, 0.25) is 0 Å². The van der Waals surface area contributed by atoms with Gasteiger partial charge in [-0.3, -0.25) is 9.59 Å². The zero-order valence-corrected chi connectivity index (χ0v) is 19.8. The summed E-state index contributed by atoms with van der Waals surface area (Å²) in [7, 11) is 0. The Morgan fingerprint density at radius 2 is 1.65 bits per heavy atom. The highest BCUT2D eigenvalue weighted by Gasteiger charge is 2.56. The van der Waals surface area contributed by atoms with Crippen molar-refractivity contribution in [1.82, 2.24) is 5.01 Å². The van der Waals surface area contributed by atoms with Crippen LogP contribution in [0.25, 0.3) is 0 Å². The summed E-state index contributed by atoms with van der Waals surface area (Å²) in [5.74, 6) is -0.00737. The van der Waals surface area contributed by atoms with Crippen molar-refractivity contribution < 1.29 is 14.3 Å². The molecule has 4 atom stereocenters. The van der Waals surface area contributed by atoms with Crippen LogP contribution in [0.4, 0.5) is 0 Å². The average molecular weight is 544 g/mol. The van der Waals surface area contributed by atoms with Crippen LogP contribution in [0.15, 0.2) is 68.7 Å². The van der Waals surface area contributed by atoms with E-state index in [0.717, 1.165) is 32.4 Å². The third-order valence-corrected chi connectivity index (χ3v) is 7.36. The van der Waals surface area contributed by atoms with Crippen molar-refractivity contribution in [3.05, 3.63) is 74.7 Å². The first kappa shape index (κ1) is 20.6. The minimum absolute atomic E-state index is 0.149. The first-order valence-corrected chi connectivity index (χ1v) is 11.9. The lowest BCUT2D eigenvalue weighted by atomic mass is 9.63. The third kappa shape index (κ3) is 3.78. The molecule has 0 N–H and O–H groups in total. The maximum atomic E-state index is 13.0. The van der Waals surface area contributed by atoms with Gasteiger partial charge in [-0.15, -0.1) is 0 Å². The minimum atomic E-state index is -0.267. The lowest BCUT2D eigenvalue weighted by Gasteiger charge is -2.37. The van der Waals surface area contributed by atoms with Crippen molar-refractivity contribution in [2.24, 2.45) is 28.8 Å². The number of nitrogens with zero attached hydrogens (tertiary/aromatic N) is 2. The zero-order valence-electron chi connectivity index (χ0n) is 16.6. The van der Waals surface area contributed by atoms with E-state index in [0.29, 0.717) is 17.9 Å². The summed E-state index contributed by atoms with van der Waals surface area (Å²) in [6.45, 7) is 0.392. The molecule has 0 unspecified atom stereocenters. The predicted molar refractivity (Wildman–Crippen MR) is 124 cm³/mol. The largest absolute Gasteiger partial charge is 0.487 e. The van der Waals surface area contributed by atoms with Crippen LogP contribution >= 0.6 is 31.9 Å². The molecular weight excluding hydrogens is 524 g/mol. The van der Waals surface area contributed by atoms with Crippen LogP contribution in [0.1, 0.15) is 24.0 Å².